The third kappa shape index (κ3) is 5.10. The van der Waals surface area contributed by atoms with Crippen LogP contribution in [0.5, 0.6) is 0 Å². The number of halogens is 1. The summed E-state index contributed by atoms with van der Waals surface area (Å²) in [5, 5.41) is 8.68. The van der Waals surface area contributed by atoms with E-state index in [0.717, 1.165) is 6.42 Å². The highest BCUT2D eigenvalue weighted by molar-refractivity contribution is 6.33. The largest absolute Gasteiger partial charge is 0.350 e. The van der Waals surface area contributed by atoms with Crippen molar-refractivity contribution in [2.75, 3.05) is 18.4 Å². The average molecular weight is 400 g/mol. The molecule has 6 nitrogen and oxygen atoms in total. The molecule has 28 heavy (non-hydrogen) atoms. The normalized spacial score (nSPS) is 17.5. The number of carbonyl (C=O) groups is 3. The second kappa shape index (κ2) is 8.89. The van der Waals surface area contributed by atoms with Crippen molar-refractivity contribution in [3.8, 4) is 0 Å². The Morgan fingerprint density at radius 2 is 1.68 bits per heavy atom. The van der Waals surface area contributed by atoms with Crippen LogP contribution in [0.25, 0.3) is 0 Å². The maximum Gasteiger partial charge on any atom is 0.252 e. The zero-order chi connectivity index (χ0) is 20.1. The number of amides is 3. The topological polar surface area (TPSA) is 87.3 Å². The van der Waals surface area contributed by atoms with E-state index < -0.39 is 0 Å². The van der Waals surface area contributed by atoms with Crippen LogP contribution in [-0.2, 0) is 4.79 Å². The molecule has 3 amide bonds. The molecule has 2 atom stereocenters. The highest BCUT2D eigenvalue weighted by Gasteiger charge is 2.39. The van der Waals surface area contributed by atoms with Crippen LogP contribution in [0.3, 0.4) is 0 Å². The molecule has 1 saturated carbocycles. The summed E-state index contributed by atoms with van der Waals surface area (Å²) in [5.74, 6) is -0.0826. The average Bonchev–Trinajstić information content (AvgIpc) is 3.42. The summed E-state index contributed by atoms with van der Waals surface area (Å²) in [5.41, 5.74) is 1.44. The molecule has 0 heterocycles. The molecule has 0 saturated heterocycles. The van der Waals surface area contributed by atoms with Crippen molar-refractivity contribution < 1.29 is 14.4 Å². The fourth-order valence-electron chi connectivity index (χ4n) is 2.86. The molecule has 0 aromatic heterocycles. The van der Waals surface area contributed by atoms with E-state index in [4.69, 9.17) is 11.6 Å². The molecule has 2 aromatic rings. The first-order valence-electron chi connectivity index (χ1n) is 9.17. The minimum Gasteiger partial charge on any atom is -0.350 e. The first kappa shape index (κ1) is 19.9. The second-order valence-corrected chi connectivity index (χ2v) is 7.29. The van der Waals surface area contributed by atoms with E-state index in [2.05, 4.69) is 16.0 Å². The van der Waals surface area contributed by atoms with Crippen LogP contribution in [0.4, 0.5) is 5.69 Å². The van der Waals surface area contributed by atoms with Crippen molar-refractivity contribution >= 4 is 35.0 Å². The molecular formula is C21H22ClN3O3. The van der Waals surface area contributed by atoms with Gasteiger partial charge in [-0.25, -0.2) is 0 Å². The minimum absolute atomic E-state index is 0.00709. The number of rotatable bonds is 7. The van der Waals surface area contributed by atoms with E-state index in [1.54, 1.807) is 48.5 Å². The molecule has 146 valence electrons. The van der Waals surface area contributed by atoms with Crippen molar-refractivity contribution in [1.29, 1.82) is 0 Å². The molecule has 1 aliphatic carbocycles. The van der Waals surface area contributed by atoms with Gasteiger partial charge in [-0.15, -0.1) is 0 Å². The Hall–Kier alpha value is -2.86. The number of hydrogen-bond donors (Lipinski definition) is 3. The summed E-state index contributed by atoms with van der Waals surface area (Å²) in [7, 11) is 0. The van der Waals surface area contributed by atoms with Gasteiger partial charge in [0, 0.05) is 30.3 Å². The summed E-state index contributed by atoms with van der Waals surface area (Å²) in [6.45, 7) is 2.58. The maximum atomic E-state index is 12.3. The molecule has 2 aromatic carbocycles. The van der Waals surface area contributed by atoms with Crippen LogP contribution in [0.1, 0.15) is 34.1 Å². The number of hydrogen-bond acceptors (Lipinski definition) is 3. The highest BCUT2D eigenvalue weighted by atomic mass is 35.5. The summed E-state index contributed by atoms with van der Waals surface area (Å²) in [4.78, 5) is 36.4. The molecule has 3 rings (SSSR count). The standard InChI is InChI=1S/C21H22ClN3O3/c1-13-11-17(13)21(28)25-15-6-4-5-14(12-15)19(26)23-9-10-24-20(27)16-7-2-3-8-18(16)22/h2-8,12-13,17H,9-11H2,1H3,(H,23,26)(H,24,27)(H,25,28). The van der Waals surface area contributed by atoms with Gasteiger partial charge in [0.15, 0.2) is 0 Å². The van der Waals surface area contributed by atoms with Crippen molar-refractivity contribution in [3.05, 3.63) is 64.7 Å². The summed E-state index contributed by atoms with van der Waals surface area (Å²) < 4.78 is 0. The first-order valence-corrected chi connectivity index (χ1v) is 9.55. The van der Waals surface area contributed by atoms with E-state index >= 15 is 0 Å². The predicted molar refractivity (Wildman–Crippen MR) is 108 cm³/mol. The van der Waals surface area contributed by atoms with Crippen LogP contribution >= 0.6 is 11.6 Å². The minimum atomic E-state index is -0.293. The van der Waals surface area contributed by atoms with Gasteiger partial charge in [-0.2, -0.15) is 0 Å². The smallest absolute Gasteiger partial charge is 0.252 e. The first-order chi connectivity index (χ1) is 13.5. The Labute approximate surface area is 168 Å². The van der Waals surface area contributed by atoms with E-state index in [1.807, 2.05) is 6.92 Å². The third-order valence-electron chi connectivity index (χ3n) is 4.65. The van der Waals surface area contributed by atoms with Gasteiger partial charge >= 0.3 is 0 Å². The fraction of sp³-hybridized carbons (Fsp3) is 0.286. The van der Waals surface area contributed by atoms with Gasteiger partial charge in [0.2, 0.25) is 5.91 Å². The molecule has 3 N–H and O–H groups in total. The fourth-order valence-corrected chi connectivity index (χ4v) is 3.08. The molecule has 7 heteroatoms. The lowest BCUT2D eigenvalue weighted by molar-refractivity contribution is -0.117. The van der Waals surface area contributed by atoms with Gasteiger partial charge in [-0.3, -0.25) is 14.4 Å². The van der Waals surface area contributed by atoms with Gasteiger partial charge in [0.05, 0.1) is 10.6 Å². The van der Waals surface area contributed by atoms with Gasteiger partial charge in [-0.05, 0) is 42.7 Å². The number of carbonyl (C=O) groups excluding carboxylic acids is 3. The van der Waals surface area contributed by atoms with Crippen LogP contribution in [0.15, 0.2) is 48.5 Å². The van der Waals surface area contributed by atoms with Crippen LogP contribution < -0.4 is 16.0 Å². The quantitative estimate of drug-likeness (QED) is 0.625. The molecule has 0 aliphatic heterocycles. The summed E-state index contributed by atoms with van der Waals surface area (Å²) in [6.07, 6.45) is 0.909. The Bertz CT molecular complexity index is 900. The predicted octanol–water partition coefficient (Wildman–Crippen LogP) is 3.09. The monoisotopic (exact) mass is 399 g/mol. The number of anilines is 1. The van der Waals surface area contributed by atoms with Gasteiger partial charge in [-0.1, -0.05) is 36.7 Å². The lowest BCUT2D eigenvalue weighted by atomic mass is 10.2. The molecule has 2 unspecified atom stereocenters. The SMILES string of the molecule is CC1CC1C(=O)Nc1cccc(C(=O)NCCNC(=O)c2ccccc2Cl)c1. The van der Waals surface area contributed by atoms with Crippen molar-refractivity contribution in [2.24, 2.45) is 11.8 Å². The van der Waals surface area contributed by atoms with E-state index in [-0.39, 0.29) is 36.7 Å². The van der Waals surface area contributed by atoms with Crippen LogP contribution in [0, 0.1) is 11.8 Å². The zero-order valence-corrected chi connectivity index (χ0v) is 16.3. The molecular weight excluding hydrogens is 378 g/mol. The molecule has 1 aliphatic rings. The van der Waals surface area contributed by atoms with Gasteiger partial charge in [0.25, 0.3) is 11.8 Å². The highest BCUT2D eigenvalue weighted by Crippen LogP contribution is 2.38. The molecule has 0 radical (unpaired) electrons. The van der Waals surface area contributed by atoms with Gasteiger partial charge < -0.3 is 16.0 Å². The van der Waals surface area contributed by atoms with Gasteiger partial charge in [0.1, 0.15) is 0 Å². The van der Waals surface area contributed by atoms with Crippen molar-refractivity contribution in [1.82, 2.24) is 10.6 Å². The Balaban J connectivity index is 1.46. The van der Waals surface area contributed by atoms with Crippen molar-refractivity contribution in [3.63, 3.8) is 0 Å². The second-order valence-electron chi connectivity index (χ2n) is 6.88. The molecule has 1 fully saturated rings. The van der Waals surface area contributed by atoms with Crippen LogP contribution in [-0.4, -0.2) is 30.8 Å². The lowest BCUT2D eigenvalue weighted by Crippen LogP contribution is -2.34. The molecule has 0 bridgehead atoms. The Morgan fingerprint density at radius 1 is 1.00 bits per heavy atom. The Kier molecular flexibility index (Phi) is 6.31. The number of nitrogens with one attached hydrogen (secondary N) is 3. The zero-order valence-electron chi connectivity index (χ0n) is 15.5. The molecule has 0 spiro atoms. The van der Waals surface area contributed by atoms with E-state index in [1.165, 1.54) is 0 Å². The van der Waals surface area contributed by atoms with Crippen LogP contribution in [0.2, 0.25) is 5.02 Å². The van der Waals surface area contributed by atoms with Crippen molar-refractivity contribution in [2.45, 2.75) is 13.3 Å². The van der Waals surface area contributed by atoms with E-state index in [0.29, 0.717) is 27.8 Å². The number of benzene rings is 2. The summed E-state index contributed by atoms with van der Waals surface area (Å²) in [6, 6.07) is 13.6. The summed E-state index contributed by atoms with van der Waals surface area (Å²) >= 11 is 5.98. The van der Waals surface area contributed by atoms with E-state index in [9.17, 15) is 14.4 Å². The Morgan fingerprint density at radius 3 is 2.36 bits per heavy atom. The lowest BCUT2D eigenvalue weighted by Gasteiger charge is -2.09. The third-order valence-corrected chi connectivity index (χ3v) is 4.98. The maximum absolute atomic E-state index is 12.3.